The Bertz CT molecular complexity index is 46.5. The molecule has 0 amide bonds. The van der Waals surface area contributed by atoms with Crippen molar-refractivity contribution < 1.29 is 0 Å². The molecule has 0 aromatic carbocycles. The van der Waals surface area contributed by atoms with Crippen LogP contribution in [0.5, 0.6) is 0 Å². The van der Waals surface area contributed by atoms with E-state index in [1.165, 1.54) is 0 Å². The first-order valence-corrected chi connectivity index (χ1v) is 3.23. The first-order valence-electron chi connectivity index (χ1n) is 3.23. The summed E-state index contributed by atoms with van der Waals surface area (Å²) in [4.78, 5) is 0. The van der Waals surface area contributed by atoms with E-state index in [-0.39, 0.29) is 12.1 Å². The molecule has 0 heterocycles. The number of hydrogen-bond donors (Lipinski definition) is 2. The van der Waals surface area contributed by atoms with E-state index in [0.717, 1.165) is 12.8 Å². The van der Waals surface area contributed by atoms with Crippen molar-refractivity contribution in [2.45, 2.75) is 38.8 Å². The molecule has 0 saturated carbocycles. The molecule has 50 valence electrons. The summed E-state index contributed by atoms with van der Waals surface area (Å²) >= 11 is 0. The second kappa shape index (κ2) is 3.87. The van der Waals surface area contributed by atoms with Gasteiger partial charge in [-0.25, -0.2) is 0 Å². The molecule has 2 heteroatoms. The van der Waals surface area contributed by atoms with Gasteiger partial charge in [0, 0.05) is 12.1 Å². The van der Waals surface area contributed by atoms with E-state index in [4.69, 9.17) is 11.5 Å². The molecule has 0 aliphatic rings. The predicted octanol–water partition coefficient (Wildman–Crippen LogP) is 0.461. The Kier molecular flexibility index (Phi) is 3.83. The van der Waals surface area contributed by atoms with Gasteiger partial charge in [-0.05, 0) is 12.8 Å². The van der Waals surface area contributed by atoms with Crippen molar-refractivity contribution in [2.75, 3.05) is 0 Å². The van der Waals surface area contributed by atoms with Crippen molar-refractivity contribution in [2.24, 2.45) is 11.5 Å². The average Bonchev–Trinajstić information content (AvgIpc) is 1.84. The van der Waals surface area contributed by atoms with Gasteiger partial charge in [-0.15, -0.1) is 0 Å². The lowest BCUT2D eigenvalue weighted by molar-refractivity contribution is 0.500. The molecule has 4 N–H and O–H groups in total. The lowest BCUT2D eigenvalue weighted by atomic mass is 10.1. The van der Waals surface area contributed by atoms with E-state index < -0.39 is 0 Å². The van der Waals surface area contributed by atoms with Crippen molar-refractivity contribution in [1.29, 1.82) is 0 Å². The summed E-state index contributed by atoms with van der Waals surface area (Å²) in [6.07, 6.45) is 1.96. The zero-order chi connectivity index (χ0) is 6.57. The van der Waals surface area contributed by atoms with Crippen LogP contribution in [0.1, 0.15) is 26.7 Å². The van der Waals surface area contributed by atoms with Crippen LogP contribution in [0.25, 0.3) is 0 Å². The fourth-order valence-electron chi connectivity index (χ4n) is 0.605. The molecule has 0 aliphatic carbocycles. The number of hydrogen-bond acceptors (Lipinski definition) is 2. The third kappa shape index (κ3) is 2.28. The Hall–Kier alpha value is -0.0800. The zero-order valence-corrected chi connectivity index (χ0v) is 5.72. The minimum atomic E-state index is 0.194. The van der Waals surface area contributed by atoms with Crippen LogP contribution in [-0.2, 0) is 0 Å². The van der Waals surface area contributed by atoms with E-state index in [9.17, 15) is 0 Å². The third-order valence-electron chi connectivity index (χ3n) is 1.49. The molecule has 0 unspecified atom stereocenters. The molecule has 0 saturated heterocycles. The molecule has 0 fully saturated rings. The Balaban J connectivity index is 3.29. The first kappa shape index (κ1) is 7.92. The third-order valence-corrected chi connectivity index (χ3v) is 1.49. The molecule has 0 rings (SSSR count). The Labute approximate surface area is 51.2 Å². The summed E-state index contributed by atoms with van der Waals surface area (Å²) in [5.74, 6) is 0. The van der Waals surface area contributed by atoms with E-state index in [2.05, 4.69) is 13.8 Å². The van der Waals surface area contributed by atoms with Gasteiger partial charge in [0.1, 0.15) is 0 Å². The Morgan fingerprint density at radius 3 is 1.38 bits per heavy atom. The SMILES string of the molecule is CC[C@@H](N)[C@@H](N)CC. The van der Waals surface area contributed by atoms with Gasteiger partial charge in [0.2, 0.25) is 0 Å². The maximum absolute atomic E-state index is 5.60. The van der Waals surface area contributed by atoms with Crippen LogP contribution in [0, 0.1) is 0 Å². The molecule has 0 aliphatic heterocycles. The van der Waals surface area contributed by atoms with Crippen molar-refractivity contribution in [1.82, 2.24) is 0 Å². The molecular weight excluding hydrogens is 100 g/mol. The van der Waals surface area contributed by atoms with Crippen molar-refractivity contribution >= 4 is 0 Å². The van der Waals surface area contributed by atoms with Crippen LogP contribution < -0.4 is 11.5 Å². The molecule has 0 radical (unpaired) electrons. The molecule has 2 nitrogen and oxygen atoms in total. The second-order valence-electron chi connectivity index (χ2n) is 2.14. The quantitative estimate of drug-likeness (QED) is 0.563. The fourth-order valence-corrected chi connectivity index (χ4v) is 0.605. The van der Waals surface area contributed by atoms with Gasteiger partial charge in [0.05, 0.1) is 0 Å². The molecule has 0 spiro atoms. The number of rotatable bonds is 3. The highest BCUT2D eigenvalue weighted by Gasteiger charge is 2.06. The summed E-state index contributed by atoms with van der Waals surface area (Å²) in [5.41, 5.74) is 11.2. The largest absolute Gasteiger partial charge is 0.326 e. The standard InChI is InChI=1S/C6H16N2/c1-3-5(7)6(8)4-2/h5-6H,3-4,7-8H2,1-2H3/t5-,6+. The van der Waals surface area contributed by atoms with Crippen LogP contribution in [0.4, 0.5) is 0 Å². The smallest absolute Gasteiger partial charge is 0.0189 e. The minimum Gasteiger partial charge on any atom is -0.326 e. The van der Waals surface area contributed by atoms with Gasteiger partial charge in [-0.3, -0.25) is 0 Å². The Morgan fingerprint density at radius 2 is 1.25 bits per heavy atom. The summed E-state index contributed by atoms with van der Waals surface area (Å²) < 4.78 is 0. The Morgan fingerprint density at radius 1 is 1.00 bits per heavy atom. The van der Waals surface area contributed by atoms with Crippen molar-refractivity contribution in [3.63, 3.8) is 0 Å². The van der Waals surface area contributed by atoms with Crippen LogP contribution in [0.3, 0.4) is 0 Å². The van der Waals surface area contributed by atoms with Gasteiger partial charge in [0.15, 0.2) is 0 Å². The fraction of sp³-hybridized carbons (Fsp3) is 1.00. The normalized spacial score (nSPS) is 18.0. The first-order chi connectivity index (χ1) is 3.72. The van der Waals surface area contributed by atoms with E-state index in [1.807, 2.05) is 0 Å². The maximum atomic E-state index is 5.60. The summed E-state index contributed by atoms with van der Waals surface area (Å²) in [7, 11) is 0. The molecular formula is C6H16N2. The summed E-state index contributed by atoms with van der Waals surface area (Å²) in [6.45, 7) is 4.11. The highest BCUT2D eigenvalue weighted by Crippen LogP contribution is 1.94. The van der Waals surface area contributed by atoms with Crippen LogP contribution in [-0.4, -0.2) is 12.1 Å². The van der Waals surface area contributed by atoms with Crippen molar-refractivity contribution in [3.8, 4) is 0 Å². The van der Waals surface area contributed by atoms with Crippen LogP contribution >= 0.6 is 0 Å². The zero-order valence-electron chi connectivity index (χ0n) is 5.72. The van der Waals surface area contributed by atoms with Gasteiger partial charge >= 0.3 is 0 Å². The van der Waals surface area contributed by atoms with Crippen molar-refractivity contribution in [3.05, 3.63) is 0 Å². The van der Waals surface area contributed by atoms with Gasteiger partial charge in [0.25, 0.3) is 0 Å². The molecule has 0 bridgehead atoms. The van der Waals surface area contributed by atoms with E-state index >= 15 is 0 Å². The maximum Gasteiger partial charge on any atom is 0.0189 e. The molecule has 0 aromatic heterocycles. The summed E-state index contributed by atoms with van der Waals surface area (Å²) in [6, 6.07) is 0.389. The van der Waals surface area contributed by atoms with Crippen LogP contribution in [0.2, 0.25) is 0 Å². The van der Waals surface area contributed by atoms with Crippen LogP contribution in [0.15, 0.2) is 0 Å². The lowest BCUT2D eigenvalue weighted by Gasteiger charge is -2.14. The topological polar surface area (TPSA) is 52.0 Å². The minimum absolute atomic E-state index is 0.194. The molecule has 2 atom stereocenters. The highest BCUT2D eigenvalue weighted by molar-refractivity contribution is 4.71. The van der Waals surface area contributed by atoms with E-state index in [1.54, 1.807) is 0 Å². The second-order valence-corrected chi connectivity index (χ2v) is 2.14. The summed E-state index contributed by atoms with van der Waals surface area (Å²) in [5, 5.41) is 0. The van der Waals surface area contributed by atoms with Gasteiger partial charge in [-0.2, -0.15) is 0 Å². The van der Waals surface area contributed by atoms with Gasteiger partial charge in [-0.1, -0.05) is 13.8 Å². The highest BCUT2D eigenvalue weighted by atomic mass is 14.8. The molecule has 8 heavy (non-hydrogen) atoms. The average molecular weight is 116 g/mol. The van der Waals surface area contributed by atoms with E-state index in [0.29, 0.717) is 0 Å². The lowest BCUT2D eigenvalue weighted by Crippen LogP contribution is -2.40. The monoisotopic (exact) mass is 116 g/mol. The molecule has 0 aromatic rings. The number of nitrogens with two attached hydrogens (primary N) is 2. The van der Waals surface area contributed by atoms with Gasteiger partial charge < -0.3 is 11.5 Å². The predicted molar refractivity (Wildman–Crippen MR) is 36.5 cm³/mol.